The van der Waals surface area contributed by atoms with Crippen LogP contribution in [-0.2, 0) is 0 Å². The number of aromatic hydroxyl groups is 1. The molecule has 0 saturated carbocycles. The largest absolute Gasteiger partial charge is 0.507 e. The summed E-state index contributed by atoms with van der Waals surface area (Å²) in [5.74, 6) is -2.05. The first-order chi connectivity index (χ1) is 9.88. The van der Waals surface area contributed by atoms with Crippen LogP contribution < -0.4 is 5.32 Å². The van der Waals surface area contributed by atoms with Crippen molar-refractivity contribution in [2.24, 2.45) is 0 Å². The SMILES string of the molecule is O=C(Nc1cc(Cl)ccc1C(=O)O)c1ccc(Br)cc1O. The normalized spacial score (nSPS) is 10.2. The summed E-state index contributed by atoms with van der Waals surface area (Å²) in [7, 11) is 0. The Morgan fingerprint density at radius 2 is 1.76 bits per heavy atom. The van der Waals surface area contributed by atoms with E-state index in [2.05, 4.69) is 21.2 Å². The van der Waals surface area contributed by atoms with Gasteiger partial charge in [0.2, 0.25) is 0 Å². The fraction of sp³-hybridized carbons (Fsp3) is 0. The van der Waals surface area contributed by atoms with Gasteiger partial charge in [-0.3, -0.25) is 4.79 Å². The Bertz CT molecular complexity index is 733. The molecule has 0 bridgehead atoms. The Labute approximate surface area is 133 Å². The predicted molar refractivity (Wildman–Crippen MR) is 82.2 cm³/mol. The second-order valence-corrected chi connectivity index (χ2v) is 5.46. The minimum absolute atomic E-state index is 0.0227. The van der Waals surface area contributed by atoms with E-state index < -0.39 is 11.9 Å². The maximum absolute atomic E-state index is 12.1. The van der Waals surface area contributed by atoms with E-state index >= 15 is 0 Å². The highest BCUT2D eigenvalue weighted by atomic mass is 79.9. The van der Waals surface area contributed by atoms with Crippen LogP contribution >= 0.6 is 27.5 Å². The van der Waals surface area contributed by atoms with E-state index in [9.17, 15) is 14.7 Å². The standard InChI is InChI=1S/C14H9BrClNO4/c15-7-1-3-10(12(18)5-7)13(19)17-11-6-8(16)2-4-9(11)14(20)21/h1-6,18H,(H,17,19)(H,20,21). The van der Waals surface area contributed by atoms with E-state index in [-0.39, 0.29) is 27.6 Å². The van der Waals surface area contributed by atoms with Gasteiger partial charge in [0.1, 0.15) is 5.75 Å². The number of phenols is 1. The van der Waals surface area contributed by atoms with Crippen molar-refractivity contribution in [3.8, 4) is 5.75 Å². The van der Waals surface area contributed by atoms with Crippen LogP contribution in [0.25, 0.3) is 0 Å². The molecule has 7 heteroatoms. The minimum atomic E-state index is -1.19. The summed E-state index contributed by atoms with van der Waals surface area (Å²) in [6.45, 7) is 0. The van der Waals surface area contributed by atoms with Gasteiger partial charge in [-0.15, -0.1) is 0 Å². The lowest BCUT2D eigenvalue weighted by atomic mass is 10.1. The van der Waals surface area contributed by atoms with Crippen LogP contribution in [0.2, 0.25) is 5.02 Å². The van der Waals surface area contributed by atoms with Crippen molar-refractivity contribution in [2.75, 3.05) is 5.32 Å². The number of nitrogens with one attached hydrogen (secondary N) is 1. The number of rotatable bonds is 3. The number of hydrogen-bond acceptors (Lipinski definition) is 3. The minimum Gasteiger partial charge on any atom is -0.507 e. The lowest BCUT2D eigenvalue weighted by Gasteiger charge is -2.10. The van der Waals surface area contributed by atoms with Gasteiger partial charge in [0.15, 0.2) is 0 Å². The summed E-state index contributed by atoms with van der Waals surface area (Å²) >= 11 is 8.97. The van der Waals surface area contributed by atoms with Crippen molar-refractivity contribution in [1.29, 1.82) is 0 Å². The molecule has 1 amide bonds. The number of amides is 1. The molecule has 0 unspecified atom stereocenters. The lowest BCUT2D eigenvalue weighted by molar-refractivity contribution is 0.0698. The molecule has 21 heavy (non-hydrogen) atoms. The monoisotopic (exact) mass is 369 g/mol. The summed E-state index contributed by atoms with van der Waals surface area (Å²) in [4.78, 5) is 23.2. The van der Waals surface area contributed by atoms with Crippen molar-refractivity contribution in [1.82, 2.24) is 0 Å². The van der Waals surface area contributed by atoms with Crippen LogP contribution in [-0.4, -0.2) is 22.1 Å². The van der Waals surface area contributed by atoms with Crippen LogP contribution in [0.1, 0.15) is 20.7 Å². The number of phenolic OH excluding ortho intramolecular Hbond substituents is 1. The van der Waals surface area contributed by atoms with Gasteiger partial charge in [0, 0.05) is 9.50 Å². The molecule has 2 rings (SSSR count). The molecule has 0 saturated heterocycles. The number of carbonyl (C=O) groups excluding carboxylic acids is 1. The number of hydrogen-bond donors (Lipinski definition) is 3. The molecule has 0 aliphatic heterocycles. The average molecular weight is 371 g/mol. The van der Waals surface area contributed by atoms with E-state index in [1.807, 2.05) is 0 Å². The molecular weight excluding hydrogens is 362 g/mol. The van der Waals surface area contributed by atoms with E-state index in [0.717, 1.165) is 0 Å². The van der Waals surface area contributed by atoms with E-state index in [0.29, 0.717) is 4.47 Å². The number of benzene rings is 2. The van der Waals surface area contributed by atoms with Gasteiger partial charge in [-0.05, 0) is 36.4 Å². The van der Waals surface area contributed by atoms with Gasteiger partial charge < -0.3 is 15.5 Å². The van der Waals surface area contributed by atoms with Gasteiger partial charge in [0.25, 0.3) is 5.91 Å². The van der Waals surface area contributed by atoms with Crippen LogP contribution in [0.4, 0.5) is 5.69 Å². The zero-order chi connectivity index (χ0) is 15.6. The Morgan fingerprint density at radius 3 is 2.38 bits per heavy atom. The van der Waals surface area contributed by atoms with Crippen LogP contribution in [0.5, 0.6) is 5.75 Å². The molecule has 0 aliphatic rings. The molecule has 2 aromatic carbocycles. The molecule has 3 N–H and O–H groups in total. The zero-order valence-corrected chi connectivity index (χ0v) is 12.8. The topological polar surface area (TPSA) is 86.6 Å². The Hall–Kier alpha value is -2.05. The first-order valence-electron chi connectivity index (χ1n) is 5.71. The molecule has 0 aromatic heterocycles. The van der Waals surface area contributed by atoms with E-state index in [1.165, 1.54) is 30.3 Å². The van der Waals surface area contributed by atoms with E-state index in [1.54, 1.807) is 6.07 Å². The second kappa shape index (κ2) is 6.15. The number of carboxylic acids is 1. The van der Waals surface area contributed by atoms with Crippen molar-refractivity contribution in [2.45, 2.75) is 0 Å². The summed E-state index contributed by atoms with van der Waals surface area (Å²) in [5.41, 5.74) is -0.0128. The van der Waals surface area contributed by atoms with Gasteiger partial charge in [-0.1, -0.05) is 27.5 Å². The molecule has 0 heterocycles. The van der Waals surface area contributed by atoms with Gasteiger partial charge in [-0.25, -0.2) is 4.79 Å². The molecule has 0 aliphatic carbocycles. The van der Waals surface area contributed by atoms with Crippen molar-refractivity contribution in [3.05, 3.63) is 57.0 Å². The molecule has 0 fully saturated rings. The Kier molecular flexibility index (Phi) is 4.50. The number of carboxylic acid groups (broad SMARTS) is 1. The third kappa shape index (κ3) is 3.53. The van der Waals surface area contributed by atoms with Gasteiger partial charge in [-0.2, -0.15) is 0 Å². The summed E-state index contributed by atoms with van der Waals surface area (Å²) in [6.07, 6.45) is 0. The lowest BCUT2D eigenvalue weighted by Crippen LogP contribution is -2.15. The summed E-state index contributed by atoms with van der Waals surface area (Å²) < 4.78 is 0.616. The Morgan fingerprint density at radius 1 is 1.10 bits per heavy atom. The number of halogens is 2. The van der Waals surface area contributed by atoms with Crippen LogP contribution in [0.15, 0.2) is 40.9 Å². The number of anilines is 1. The number of aromatic carboxylic acids is 1. The molecule has 2 aromatic rings. The van der Waals surface area contributed by atoms with E-state index in [4.69, 9.17) is 16.7 Å². The summed E-state index contributed by atoms with van der Waals surface area (Å²) in [6, 6.07) is 8.41. The first-order valence-corrected chi connectivity index (χ1v) is 6.88. The molecular formula is C14H9BrClNO4. The molecule has 5 nitrogen and oxygen atoms in total. The third-order valence-corrected chi connectivity index (χ3v) is 3.39. The highest BCUT2D eigenvalue weighted by Gasteiger charge is 2.16. The fourth-order valence-electron chi connectivity index (χ4n) is 1.69. The molecule has 108 valence electrons. The quantitative estimate of drug-likeness (QED) is 0.768. The predicted octanol–water partition coefficient (Wildman–Crippen LogP) is 3.76. The van der Waals surface area contributed by atoms with Crippen LogP contribution in [0.3, 0.4) is 0 Å². The van der Waals surface area contributed by atoms with Gasteiger partial charge in [0.05, 0.1) is 16.8 Å². The van der Waals surface area contributed by atoms with Crippen LogP contribution in [0, 0.1) is 0 Å². The molecule has 0 spiro atoms. The highest BCUT2D eigenvalue weighted by molar-refractivity contribution is 9.10. The van der Waals surface area contributed by atoms with Crippen molar-refractivity contribution < 1.29 is 19.8 Å². The molecule has 0 radical (unpaired) electrons. The smallest absolute Gasteiger partial charge is 0.337 e. The number of carbonyl (C=O) groups is 2. The summed E-state index contributed by atoms with van der Waals surface area (Å²) in [5, 5.41) is 21.5. The molecule has 0 atom stereocenters. The fourth-order valence-corrected chi connectivity index (χ4v) is 2.21. The third-order valence-electron chi connectivity index (χ3n) is 2.66. The van der Waals surface area contributed by atoms with Crippen molar-refractivity contribution in [3.63, 3.8) is 0 Å². The maximum atomic E-state index is 12.1. The first kappa shape index (κ1) is 15.3. The van der Waals surface area contributed by atoms with Gasteiger partial charge >= 0.3 is 5.97 Å². The average Bonchev–Trinajstić information content (AvgIpc) is 2.37. The second-order valence-electron chi connectivity index (χ2n) is 4.11. The Balaban J connectivity index is 2.35. The maximum Gasteiger partial charge on any atom is 0.337 e. The highest BCUT2D eigenvalue weighted by Crippen LogP contribution is 2.25. The van der Waals surface area contributed by atoms with Crippen molar-refractivity contribution >= 4 is 45.1 Å². The zero-order valence-electron chi connectivity index (χ0n) is 10.4.